The van der Waals surface area contributed by atoms with Gasteiger partial charge in [0, 0.05) is 34.4 Å². The largest absolute Gasteiger partial charge is 0.305 e. The minimum Gasteiger partial charge on any atom is -0.305 e. The van der Waals surface area contributed by atoms with E-state index >= 15 is 0 Å². The number of anilines is 2. The highest BCUT2D eigenvalue weighted by Gasteiger charge is 2.38. The Morgan fingerprint density at radius 1 is 1.06 bits per heavy atom. The Kier molecular flexibility index (Phi) is 6.52. The van der Waals surface area contributed by atoms with Gasteiger partial charge in [-0.3, -0.25) is 9.59 Å². The topological polar surface area (TPSA) is 40.6 Å². The van der Waals surface area contributed by atoms with Crippen LogP contribution in [0, 0.1) is 12.7 Å². The number of carbonyl (C=O) groups is 2. The Morgan fingerprint density at radius 2 is 1.73 bits per heavy atom. The van der Waals surface area contributed by atoms with Crippen molar-refractivity contribution in [2.45, 2.75) is 45.7 Å². The molecule has 1 aliphatic heterocycles. The SMILES string of the molecule is CCC(=O)N(c1ccc(Cl)cc1)[C@H]1C[C@@H](C)N(C(=O)c2ccc(F)cc2)c2cc(C)ccc21. The summed E-state index contributed by atoms with van der Waals surface area (Å²) in [6, 6.07) is 18.4. The van der Waals surface area contributed by atoms with Crippen molar-refractivity contribution in [1.29, 1.82) is 0 Å². The van der Waals surface area contributed by atoms with Crippen LogP contribution in [-0.4, -0.2) is 17.9 Å². The van der Waals surface area contributed by atoms with Gasteiger partial charge in [0.2, 0.25) is 5.91 Å². The van der Waals surface area contributed by atoms with E-state index < -0.39 is 0 Å². The lowest BCUT2D eigenvalue weighted by Gasteiger charge is -2.43. The van der Waals surface area contributed by atoms with Crippen molar-refractivity contribution < 1.29 is 14.0 Å². The lowest BCUT2D eigenvalue weighted by atomic mass is 9.88. The maximum atomic E-state index is 13.5. The molecule has 4 rings (SSSR count). The zero-order valence-corrected chi connectivity index (χ0v) is 19.6. The summed E-state index contributed by atoms with van der Waals surface area (Å²) < 4.78 is 13.4. The van der Waals surface area contributed by atoms with Gasteiger partial charge in [0.25, 0.3) is 5.91 Å². The molecule has 3 aromatic carbocycles. The summed E-state index contributed by atoms with van der Waals surface area (Å²) in [4.78, 5) is 30.2. The van der Waals surface area contributed by atoms with Gasteiger partial charge in [-0.15, -0.1) is 0 Å². The zero-order chi connectivity index (χ0) is 23.7. The molecule has 0 bridgehead atoms. The molecule has 0 aromatic heterocycles. The maximum absolute atomic E-state index is 13.5. The van der Waals surface area contributed by atoms with E-state index in [1.54, 1.807) is 17.0 Å². The van der Waals surface area contributed by atoms with Crippen molar-refractivity contribution in [3.63, 3.8) is 0 Å². The summed E-state index contributed by atoms with van der Waals surface area (Å²) in [5, 5.41) is 0.603. The van der Waals surface area contributed by atoms with E-state index in [1.807, 2.05) is 56.0 Å². The summed E-state index contributed by atoms with van der Waals surface area (Å²) >= 11 is 6.09. The van der Waals surface area contributed by atoms with Gasteiger partial charge >= 0.3 is 0 Å². The first-order valence-electron chi connectivity index (χ1n) is 11.1. The van der Waals surface area contributed by atoms with Crippen molar-refractivity contribution in [1.82, 2.24) is 0 Å². The van der Waals surface area contributed by atoms with Crippen LogP contribution in [0.3, 0.4) is 0 Å². The minimum atomic E-state index is -0.383. The van der Waals surface area contributed by atoms with Crippen LogP contribution in [0.4, 0.5) is 15.8 Å². The number of hydrogen-bond donors (Lipinski definition) is 0. The highest BCUT2D eigenvalue weighted by Crippen LogP contribution is 2.43. The fourth-order valence-corrected chi connectivity index (χ4v) is 4.62. The van der Waals surface area contributed by atoms with Gasteiger partial charge in [-0.25, -0.2) is 4.39 Å². The molecule has 6 heteroatoms. The third kappa shape index (κ3) is 4.51. The Hall–Kier alpha value is -3.18. The van der Waals surface area contributed by atoms with E-state index in [1.165, 1.54) is 24.3 Å². The average Bonchev–Trinajstić information content (AvgIpc) is 2.80. The van der Waals surface area contributed by atoms with E-state index in [0.717, 1.165) is 22.5 Å². The van der Waals surface area contributed by atoms with Crippen LogP contribution in [0.15, 0.2) is 66.7 Å². The number of aryl methyl sites for hydroxylation is 1. The van der Waals surface area contributed by atoms with E-state index in [2.05, 4.69) is 0 Å². The Balaban J connectivity index is 1.82. The molecule has 170 valence electrons. The molecule has 0 unspecified atom stereocenters. The molecule has 1 heterocycles. The Morgan fingerprint density at radius 3 is 2.36 bits per heavy atom. The summed E-state index contributed by atoms with van der Waals surface area (Å²) in [5.74, 6) is -0.571. The summed E-state index contributed by atoms with van der Waals surface area (Å²) in [5.41, 5.74) is 3.89. The molecule has 0 radical (unpaired) electrons. The van der Waals surface area contributed by atoms with Crippen molar-refractivity contribution in [3.8, 4) is 0 Å². The van der Waals surface area contributed by atoms with Gasteiger partial charge < -0.3 is 9.80 Å². The van der Waals surface area contributed by atoms with Crippen LogP contribution < -0.4 is 9.80 Å². The van der Waals surface area contributed by atoms with Crippen molar-refractivity contribution >= 4 is 34.8 Å². The number of halogens is 2. The smallest absolute Gasteiger partial charge is 0.258 e. The molecule has 4 nitrogen and oxygen atoms in total. The number of amides is 2. The number of rotatable bonds is 4. The van der Waals surface area contributed by atoms with Gasteiger partial charge in [0.15, 0.2) is 0 Å². The number of benzene rings is 3. The highest BCUT2D eigenvalue weighted by molar-refractivity contribution is 6.30. The molecule has 2 atom stereocenters. The zero-order valence-electron chi connectivity index (χ0n) is 18.9. The van der Waals surface area contributed by atoms with E-state index in [0.29, 0.717) is 23.4 Å². The van der Waals surface area contributed by atoms with Gasteiger partial charge in [-0.2, -0.15) is 0 Å². The highest BCUT2D eigenvalue weighted by atomic mass is 35.5. The molecule has 0 saturated carbocycles. The molecule has 0 spiro atoms. The van der Waals surface area contributed by atoms with Gasteiger partial charge in [-0.1, -0.05) is 30.7 Å². The van der Waals surface area contributed by atoms with Crippen LogP contribution in [0.2, 0.25) is 5.02 Å². The van der Waals surface area contributed by atoms with Crippen molar-refractivity contribution in [2.75, 3.05) is 9.80 Å². The summed E-state index contributed by atoms with van der Waals surface area (Å²) in [6.07, 6.45) is 0.921. The normalized spacial score (nSPS) is 17.4. The number of nitrogens with zero attached hydrogens (tertiary/aromatic N) is 2. The van der Waals surface area contributed by atoms with Gasteiger partial charge in [0.1, 0.15) is 5.82 Å². The third-order valence-corrected chi connectivity index (χ3v) is 6.36. The van der Waals surface area contributed by atoms with Gasteiger partial charge in [-0.05, 0) is 86.0 Å². The molecular weight excluding hydrogens is 439 g/mol. The summed E-state index contributed by atoms with van der Waals surface area (Å²) in [6.45, 7) is 5.80. The molecule has 1 aliphatic rings. The van der Waals surface area contributed by atoms with E-state index in [-0.39, 0.29) is 29.7 Å². The molecular formula is C27H26ClFN2O2. The first kappa shape index (κ1) is 23.0. The number of fused-ring (bicyclic) bond motifs is 1. The average molecular weight is 465 g/mol. The first-order valence-corrected chi connectivity index (χ1v) is 11.4. The van der Waals surface area contributed by atoms with Crippen LogP contribution in [0.25, 0.3) is 0 Å². The lowest BCUT2D eigenvalue weighted by molar-refractivity contribution is -0.118. The second-order valence-corrected chi connectivity index (χ2v) is 8.87. The molecule has 3 aromatic rings. The summed E-state index contributed by atoms with van der Waals surface area (Å²) in [7, 11) is 0. The molecule has 33 heavy (non-hydrogen) atoms. The van der Waals surface area contributed by atoms with Crippen LogP contribution >= 0.6 is 11.6 Å². The van der Waals surface area contributed by atoms with Crippen LogP contribution in [-0.2, 0) is 4.79 Å². The molecule has 0 N–H and O–H groups in total. The molecule has 0 fully saturated rings. The Bertz CT molecular complexity index is 1180. The fraction of sp³-hybridized carbons (Fsp3) is 0.259. The lowest BCUT2D eigenvalue weighted by Crippen LogP contribution is -2.47. The molecule has 0 aliphatic carbocycles. The van der Waals surface area contributed by atoms with E-state index in [9.17, 15) is 14.0 Å². The third-order valence-electron chi connectivity index (χ3n) is 6.11. The quantitative estimate of drug-likeness (QED) is 0.430. The number of hydrogen-bond acceptors (Lipinski definition) is 2. The van der Waals surface area contributed by atoms with E-state index in [4.69, 9.17) is 11.6 Å². The Labute approximate surface area is 198 Å². The number of carbonyl (C=O) groups excluding carboxylic acids is 2. The van der Waals surface area contributed by atoms with Crippen molar-refractivity contribution in [3.05, 3.63) is 94.3 Å². The predicted octanol–water partition coefficient (Wildman–Crippen LogP) is 6.71. The van der Waals surface area contributed by atoms with Crippen LogP contribution in [0.5, 0.6) is 0 Å². The monoisotopic (exact) mass is 464 g/mol. The second kappa shape index (κ2) is 9.36. The minimum absolute atomic E-state index is 0.000594. The van der Waals surface area contributed by atoms with Crippen molar-refractivity contribution in [2.24, 2.45) is 0 Å². The second-order valence-electron chi connectivity index (χ2n) is 8.44. The predicted molar refractivity (Wildman–Crippen MR) is 130 cm³/mol. The fourth-order valence-electron chi connectivity index (χ4n) is 4.49. The molecule has 0 saturated heterocycles. The van der Waals surface area contributed by atoms with Crippen LogP contribution in [0.1, 0.15) is 54.2 Å². The van der Waals surface area contributed by atoms with Gasteiger partial charge in [0.05, 0.1) is 6.04 Å². The first-order chi connectivity index (χ1) is 15.8. The molecule has 2 amide bonds. The maximum Gasteiger partial charge on any atom is 0.258 e. The standard InChI is InChI=1S/C27H26ClFN2O2/c1-4-26(32)31(22-12-8-20(28)9-13-22)25-16-18(3)30(24-15-17(2)5-14-23(24)25)27(33)19-6-10-21(29)11-7-19/h5-15,18,25H,4,16H2,1-3H3/t18-,25+/m1/s1.